The minimum Gasteiger partial charge on any atom is -0.484 e. The molecule has 0 aliphatic heterocycles. The highest BCUT2D eigenvalue weighted by Crippen LogP contribution is 2.34. The van der Waals surface area contributed by atoms with Gasteiger partial charge in [0.15, 0.2) is 5.75 Å². The Morgan fingerprint density at radius 1 is 1.52 bits per heavy atom. The van der Waals surface area contributed by atoms with Gasteiger partial charge in [-0.25, -0.2) is 4.79 Å². The summed E-state index contributed by atoms with van der Waals surface area (Å²) in [5.41, 5.74) is 4.81. The minimum absolute atomic E-state index is 0.0872. The number of benzene rings is 1. The summed E-state index contributed by atoms with van der Waals surface area (Å²) in [7, 11) is 0. The number of nitro groups is 1. The first kappa shape index (κ1) is 17.4. The van der Waals surface area contributed by atoms with E-state index in [1.807, 2.05) is 0 Å². The molecule has 1 atom stereocenters. The Balaban J connectivity index is 2.99. The van der Waals surface area contributed by atoms with Crippen LogP contribution in [0.4, 0.5) is 5.69 Å². The second-order valence-corrected chi connectivity index (χ2v) is 5.67. The van der Waals surface area contributed by atoms with Gasteiger partial charge >= 0.3 is 11.7 Å². The Morgan fingerprint density at radius 3 is 2.67 bits per heavy atom. The van der Waals surface area contributed by atoms with Crippen LogP contribution in [0.5, 0.6) is 5.75 Å². The molecule has 1 aromatic carbocycles. The van der Waals surface area contributed by atoms with Crippen molar-refractivity contribution < 1.29 is 19.2 Å². The molecule has 0 saturated carbocycles. The fraction of sp³-hybridized carbons (Fsp3) is 0.462. The van der Waals surface area contributed by atoms with Crippen LogP contribution in [0.25, 0.3) is 0 Å². The highest BCUT2D eigenvalue weighted by Gasteiger charge is 2.32. The van der Waals surface area contributed by atoms with E-state index in [0.29, 0.717) is 10.0 Å². The average molecular weight is 361 g/mol. The quantitative estimate of drug-likeness (QED) is 0.474. The van der Waals surface area contributed by atoms with Gasteiger partial charge in [0.2, 0.25) is 0 Å². The molecule has 0 fully saturated rings. The van der Waals surface area contributed by atoms with Gasteiger partial charge < -0.3 is 15.2 Å². The number of hydrogen-bond donors (Lipinski definition) is 1. The number of nitrogens with zero attached hydrogens (tertiary/aromatic N) is 1. The van der Waals surface area contributed by atoms with Crippen LogP contribution in [-0.2, 0) is 9.53 Å². The number of halogens is 1. The molecule has 0 spiro atoms. The van der Waals surface area contributed by atoms with E-state index >= 15 is 0 Å². The third kappa shape index (κ3) is 4.40. The summed E-state index contributed by atoms with van der Waals surface area (Å²) in [6, 6.07) is 3.01. The molecule has 0 bridgehead atoms. The molecule has 116 valence electrons. The molecule has 2 N–H and O–H groups in total. The molecule has 1 rings (SSSR count). The number of esters is 1. The first-order chi connectivity index (χ1) is 9.69. The van der Waals surface area contributed by atoms with Crippen molar-refractivity contribution in [1.82, 2.24) is 0 Å². The smallest absolute Gasteiger partial charge is 0.329 e. The Morgan fingerprint density at radius 2 is 2.14 bits per heavy atom. The largest absolute Gasteiger partial charge is 0.484 e. The molecule has 7 nitrogen and oxygen atoms in total. The fourth-order valence-electron chi connectivity index (χ4n) is 1.61. The van der Waals surface area contributed by atoms with Crippen LogP contribution in [0.1, 0.15) is 19.4 Å². The normalized spacial score (nSPS) is 13.4. The maximum atomic E-state index is 11.7. The van der Waals surface area contributed by atoms with Crippen molar-refractivity contribution in [3.8, 4) is 5.75 Å². The van der Waals surface area contributed by atoms with Crippen molar-refractivity contribution in [2.75, 3.05) is 13.2 Å². The van der Waals surface area contributed by atoms with Crippen LogP contribution in [0, 0.1) is 17.0 Å². The molecule has 0 radical (unpaired) electrons. The van der Waals surface area contributed by atoms with E-state index < -0.39 is 16.4 Å². The maximum Gasteiger partial charge on any atom is 0.329 e. The topological polar surface area (TPSA) is 105 Å². The van der Waals surface area contributed by atoms with E-state index in [-0.39, 0.29) is 24.7 Å². The van der Waals surface area contributed by atoms with Crippen LogP contribution in [0.2, 0.25) is 0 Å². The standard InChI is InChI=1S/C13H17BrN2O5/c1-4-20-12(17)13(3,15)7-21-11-8(2)5-9(14)6-10(11)16(18)19/h5-6H,4,7,15H2,1-3H3. The zero-order chi connectivity index (χ0) is 16.2. The highest BCUT2D eigenvalue weighted by molar-refractivity contribution is 9.10. The number of hydrogen-bond acceptors (Lipinski definition) is 6. The Hall–Kier alpha value is -1.67. The number of rotatable bonds is 6. The summed E-state index contributed by atoms with van der Waals surface area (Å²) in [6.07, 6.45) is 0. The number of nitrogens with two attached hydrogens (primary N) is 1. The average Bonchev–Trinajstić information content (AvgIpc) is 2.36. The molecule has 0 aromatic heterocycles. The van der Waals surface area contributed by atoms with Gasteiger partial charge in [-0.15, -0.1) is 0 Å². The van der Waals surface area contributed by atoms with Gasteiger partial charge in [-0.05, 0) is 32.4 Å². The van der Waals surface area contributed by atoms with Gasteiger partial charge in [0.25, 0.3) is 0 Å². The number of aryl methyl sites for hydroxylation is 1. The number of carbonyl (C=O) groups is 1. The van der Waals surface area contributed by atoms with Crippen LogP contribution < -0.4 is 10.5 Å². The lowest BCUT2D eigenvalue weighted by Gasteiger charge is -2.22. The minimum atomic E-state index is -1.39. The highest BCUT2D eigenvalue weighted by atomic mass is 79.9. The van der Waals surface area contributed by atoms with E-state index in [1.54, 1.807) is 19.9 Å². The van der Waals surface area contributed by atoms with Crippen LogP contribution in [0.3, 0.4) is 0 Å². The van der Waals surface area contributed by atoms with Crippen LogP contribution >= 0.6 is 15.9 Å². The molecule has 0 aliphatic carbocycles. The summed E-state index contributed by atoms with van der Waals surface area (Å²) in [4.78, 5) is 22.2. The molecule has 0 amide bonds. The molecular formula is C13H17BrN2O5. The summed E-state index contributed by atoms with van der Waals surface area (Å²) in [6.45, 7) is 4.76. The first-order valence-corrected chi connectivity index (χ1v) is 7.01. The Labute approximate surface area is 130 Å². The van der Waals surface area contributed by atoms with Gasteiger partial charge in [0, 0.05) is 10.5 Å². The van der Waals surface area contributed by atoms with Gasteiger partial charge in [0.05, 0.1) is 11.5 Å². The number of ether oxygens (including phenoxy) is 2. The SMILES string of the molecule is CCOC(=O)C(C)(N)COc1c(C)cc(Br)cc1[N+](=O)[O-]. The lowest BCUT2D eigenvalue weighted by molar-refractivity contribution is -0.386. The van der Waals surface area contributed by atoms with Crippen molar-refractivity contribution in [1.29, 1.82) is 0 Å². The zero-order valence-corrected chi connectivity index (χ0v) is 13.6. The van der Waals surface area contributed by atoms with Crippen molar-refractivity contribution >= 4 is 27.6 Å². The number of nitro benzene ring substituents is 1. The third-order valence-corrected chi connectivity index (χ3v) is 3.13. The van der Waals surface area contributed by atoms with E-state index in [4.69, 9.17) is 15.2 Å². The van der Waals surface area contributed by atoms with Crippen molar-refractivity contribution in [3.63, 3.8) is 0 Å². The first-order valence-electron chi connectivity index (χ1n) is 6.22. The molecule has 1 unspecified atom stereocenters. The molecule has 1 aromatic rings. The molecule has 0 aliphatic rings. The van der Waals surface area contributed by atoms with Crippen LogP contribution in [-0.4, -0.2) is 29.6 Å². The second kappa shape index (κ2) is 6.86. The predicted octanol–water partition coefficient (Wildman–Crippen LogP) is 2.33. The van der Waals surface area contributed by atoms with E-state index in [1.165, 1.54) is 13.0 Å². The van der Waals surface area contributed by atoms with Crippen molar-refractivity contribution in [2.24, 2.45) is 5.73 Å². The van der Waals surface area contributed by atoms with E-state index in [2.05, 4.69) is 15.9 Å². The van der Waals surface area contributed by atoms with Crippen molar-refractivity contribution in [3.05, 3.63) is 32.3 Å². The monoisotopic (exact) mass is 360 g/mol. The molecule has 0 saturated heterocycles. The van der Waals surface area contributed by atoms with Gasteiger partial charge in [0.1, 0.15) is 12.1 Å². The molecular weight excluding hydrogens is 344 g/mol. The molecule has 8 heteroatoms. The van der Waals surface area contributed by atoms with Gasteiger partial charge in [-0.3, -0.25) is 10.1 Å². The van der Waals surface area contributed by atoms with Crippen LogP contribution in [0.15, 0.2) is 16.6 Å². The van der Waals surface area contributed by atoms with E-state index in [9.17, 15) is 14.9 Å². The van der Waals surface area contributed by atoms with Gasteiger partial charge in [-0.2, -0.15) is 0 Å². The van der Waals surface area contributed by atoms with E-state index in [0.717, 1.165) is 0 Å². The summed E-state index contributed by atoms with van der Waals surface area (Å²) in [5.74, 6) is -0.536. The lowest BCUT2D eigenvalue weighted by Crippen LogP contribution is -2.51. The number of carbonyl (C=O) groups excluding carboxylic acids is 1. The Kier molecular flexibility index (Phi) is 5.68. The Bertz CT molecular complexity index is 560. The fourth-order valence-corrected chi connectivity index (χ4v) is 2.17. The summed E-state index contributed by atoms with van der Waals surface area (Å²) < 4.78 is 10.8. The lowest BCUT2D eigenvalue weighted by atomic mass is 10.1. The van der Waals surface area contributed by atoms with Crippen molar-refractivity contribution in [2.45, 2.75) is 26.3 Å². The second-order valence-electron chi connectivity index (χ2n) is 4.75. The summed E-state index contributed by atoms with van der Waals surface area (Å²) in [5, 5.41) is 11.1. The van der Waals surface area contributed by atoms with Gasteiger partial charge in [-0.1, -0.05) is 15.9 Å². The molecule has 21 heavy (non-hydrogen) atoms. The summed E-state index contributed by atoms with van der Waals surface area (Å²) >= 11 is 3.19. The molecule has 0 heterocycles. The predicted molar refractivity (Wildman–Crippen MR) is 80.3 cm³/mol. The third-order valence-electron chi connectivity index (χ3n) is 2.67. The zero-order valence-electron chi connectivity index (χ0n) is 12.0. The maximum absolute atomic E-state index is 11.7.